The molecule has 21 heavy (non-hydrogen) atoms. The van der Waals surface area contributed by atoms with E-state index in [9.17, 15) is 14.9 Å². The first-order valence-corrected chi connectivity index (χ1v) is 6.05. The number of hydrogen-bond acceptors (Lipinski definition) is 6. The Balaban J connectivity index is 2.23. The lowest BCUT2D eigenvalue weighted by atomic mass is 10.1. The van der Waals surface area contributed by atoms with E-state index in [1.165, 1.54) is 30.4 Å². The number of para-hydroxylation sites is 1. The minimum absolute atomic E-state index is 0.0249. The van der Waals surface area contributed by atoms with Crippen LogP contribution in [0.3, 0.4) is 0 Å². The smallest absolute Gasteiger partial charge is 0.276 e. The molecule has 0 radical (unpaired) electrons. The van der Waals surface area contributed by atoms with Gasteiger partial charge in [0.25, 0.3) is 11.6 Å². The molecule has 0 aliphatic heterocycles. The van der Waals surface area contributed by atoms with Crippen molar-refractivity contribution in [3.8, 4) is 0 Å². The highest BCUT2D eigenvalue weighted by molar-refractivity contribution is 5.96. The summed E-state index contributed by atoms with van der Waals surface area (Å²) >= 11 is 0. The molecule has 0 aliphatic carbocycles. The van der Waals surface area contributed by atoms with Gasteiger partial charge in [0.15, 0.2) is 11.5 Å². The van der Waals surface area contributed by atoms with Crippen LogP contribution in [0.4, 0.5) is 11.5 Å². The predicted octanol–water partition coefficient (Wildman–Crippen LogP) is 1.24. The van der Waals surface area contributed by atoms with E-state index in [4.69, 9.17) is 5.73 Å². The van der Waals surface area contributed by atoms with Crippen molar-refractivity contribution in [2.45, 2.75) is 6.54 Å². The molecule has 0 unspecified atom stereocenters. The minimum Gasteiger partial charge on any atom is -0.382 e. The van der Waals surface area contributed by atoms with Gasteiger partial charge in [-0.25, -0.2) is 9.97 Å². The van der Waals surface area contributed by atoms with E-state index in [1.54, 1.807) is 18.2 Å². The molecule has 0 bridgehead atoms. The quantitative estimate of drug-likeness (QED) is 0.668. The molecular formula is C13H13N5O3. The molecule has 0 fully saturated rings. The van der Waals surface area contributed by atoms with E-state index in [0.29, 0.717) is 5.56 Å². The third-order valence-corrected chi connectivity index (χ3v) is 2.87. The number of rotatable bonds is 4. The number of nitrogen functional groups attached to an aromatic ring is 1. The molecule has 0 saturated carbocycles. The highest BCUT2D eigenvalue weighted by Crippen LogP contribution is 2.20. The van der Waals surface area contributed by atoms with Crippen molar-refractivity contribution in [1.29, 1.82) is 0 Å². The SMILES string of the molecule is CN(Cc1ccccc1[N+](=O)[O-])C(=O)c1nccnc1N. The van der Waals surface area contributed by atoms with E-state index in [1.807, 2.05) is 0 Å². The van der Waals surface area contributed by atoms with Crippen LogP contribution in [-0.4, -0.2) is 32.7 Å². The van der Waals surface area contributed by atoms with Gasteiger partial charge in [0.05, 0.1) is 11.5 Å². The number of carbonyl (C=O) groups excluding carboxylic acids is 1. The average Bonchev–Trinajstić information content (AvgIpc) is 2.47. The Morgan fingerprint density at radius 2 is 2.00 bits per heavy atom. The molecular weight excluding hydrogens is 274 g/mol. The Bertz CT molecular complexity index is 689. The lowest BCUT2D eigenvalue weighted by molar-refractivity contribution is -0.385. The fourth-order valence-corrected chi connectivity index (χ4v) is 1.84. The molecule has 0 spiro atoms. The number of carbonyl (C=O) groups is 1. The Hall–Kier alpha value is -3.03. The average molecular weight is 287 g/mol. The Morgan fingerprint density at radius 1 is 1.33 bits per heavy atom. The summed E-state index contributed by atoms with van der Waals surface area (Å²) in [6.07, 6.45) is 2.75. The van der Waals surface area contributed by atoms with Gasteiger partial charge < -0.3 is 10.6 Å². The second-order valence-corrected chi connectivity index (χ2v) is 4.34. The summed E-state index contributed by atoms with van der Waals surface area (Å²) in [4.78, 5) is 31.7. The van der Waals surface area contributed by atoms with Crippen molar-refractivity contribution in [2.24, 2.45) is 0 Å². The van der Waals surface area contributed by atoms with Crippen LogP contribution < -0.4 is 5.73 Å². The number of amides is 1. The minimum atomic E-state index is -0.482. The zero-order valence-corrected chi connectivity index (χ0v) is 11.3. The molecule has 0 atom stereocenters. The first-order chi connectivity index (χ1) is 10.0. The van der Waals surface area contributed by atoms with Gasteiger partial charge in [-0.15, -0.1) is 0 Å². The van der Waals surface area contributed by atoms with E-state index in [0.717, 1.165) is 0 Å². The van der Waals surface area contributed by atoms with Gasteiger partial charge in [0.1, 0.15) is 0 Å². The summed E-state index contributed by atoms with van der Waals surface area (Å²) in [5, 5.41) is 11.0. The second-order valence-electron chi connectivity index (χ2n) is 4.34. The van der Waals surface area contributed by atoms with Crippen molar-refractivity contribution in [3.63, 3.8) is 0 Å². The fourth-order valence-electron chi connectivity index (χ4n) is 1.84. The van der Waals surface area contributed by atoms with Crippen LogP contribution in [0.1, 0.15) is 16.1 Å². The van der Waals surface area contributed by atoms with Crippen LogP contribution in [-0.2, 0) is 6.54 Å². The summed E-state index contributed by atoms with van der Waals surface area (Å²) in [5.41, 5.74) is 6.02. The van der Waals surface area contributed by atoms with E-state index >= 15 is 0 Å². The maximum atomic E-state index is 12.2. The first kappa shape index (κ1) is 14.4. The summed E-state index contributed by atoms with van der Waals surface area (Å²) in [6, 6.07) is 6.24. The maximum absolute atomic E-state index is 12.2. The van der Waals surface area contributed by atoms with Crippen LogP contribution in [0, 0.1) is 10.1 Å². The number of aromatic nitrogens is 2. The number of benzene rings is 1. The van der Waals surface area contributed by atoms with Crippen molar-refractivity contribution >= 4 is 17.4 Å². The second kappa shape index (κ2) is 5.95. The summed E-state index contributed by atoms with van der Waals surface area (Å²) < 4.78 is 0. The van der Waals surface area contributed by atoms with E-state index in [-0.39, 0.29) is 23.7 Å². The molecule has 8 heteroatoms. The van der Waals surface area contributed by atoms with Crippen LogP contribution in [0.15, 0.2) is 36.7 Å². The summed E-state index contributed by atoms with van der Waals surface area (Å²) in [7, 11) is 1.52. The third-order valence-electron chi connectivity index (χ3n) is 2.87. The first-order valence-electron chi connectivity index (χ1n) is 6.05. The number of nitrogens with zero attached hydrogens (tertiary/aromatic N) is 4. The molecule has 1 aromatic heterocycles. The molecule has 2 rings (SSSR count). The van der Waals surface area contributed by atoms with Crippen molar-refractivity contribution in [2.75, 3.05) is 12.8 Å². The monoisotopic (exact) mass is 287 g/mol. The fraction of sp³-hybridized carbons (Fsp3) is 0.154. The number of nitro benzene ring substituents is 1. The zero-order chi connectivity index (χ0) is 15.4. The lowest BCUT2D eigenvalue weighted by Gasteiger charge is -2.17. The third kappa shape index (κ3) is 3.11. The van der Waals surface area contributed by atoms with Crippen molar-refractivity contribution in [3.05, 3.63) is 58.0 Å². The summed E-state index contributed by atoms with van der Waals surface area (Å²) in [5.74, 6) is -0.421. The molecule has 0 aliphatic rings. The van der Waals surface area contributed by atoms with Crippen LogP contribution >= 0.6 is 0 Å². The Kier molecular flexibility index (Phi) is 4.07. The van der Waals surface area contributed by atoms with Crippen molar-refractivity contribution in [1.82, 2.24) is 14.9 Å². The maximum Gasteiger partial charge on any atom is 0.276 e. The topological polar surface area (TPSA) is 115 Å². The van der Waals surface area contributed by atoms with Gasteiger partial charge in [0, 0.05) is 31.1 Å². The Morgan fingerprint density at radius 3 is 2.67 bits per heavy atom. The molecule has 2 aromatic rings. The van der Waals surface area contributed by atoms with E-state index in [2.05, 4.69) is 9.97 Å². The highest BCUT2D eigenvalue weighted by atomic mass is 16.6. The standard InChI is InChI=1S/C13H13N5O3/c1-17(13(19)11-12(14)16-7-6-15-11)8-9-4-2-3-5-10(9)18(20)21/h2-7H,8H2,1H3,(H2,14,16). The van der Waals surface area contributed by atoms with Crippen LogP contribution in [0.2, 0.25) is 0 Å². The molecule has 1 heterocycles. The highest BCUT2D eigenvalue weighted by Gasteiger charge is 2.20. The van der Waals surface area contributed by atoms with Gasteiger partial charge in [-0.3, -0.25) is 14.9 Å². The number of nitrogens with two attached hydrogens (primary N) is 1. The number of nitro groups is 1. The molecule has 0 saturated heterocycles. The molecule has 1 amide bonds. The lowest BCUT2D eigenvalue weighted by Crippen LogP contribution is -2.28. The number of hydrogen-bond donors (Lipinski definition) is 1. The molecule has 1 aromatic carbocycles. The largest absolute Gasteiger partial charge is 0.382 e. The Labute approximate surface area is 120 Å². The van der Waals surface area contributed by atoms with Gasteiger partial charge in [-0.2, -0.15) is 0 Å². The van der Waals surface area contributed by atoms with Gasteiger partial charge in [-0.05, 0) is 0 Å². The predicted molar refractivity (Wildman–Crippen MR) is 75.3 cm³/mol. The van der Waals surface area contributed by atoms with E-state index < -0.39 is 10.8 Å². The van der Waals surface area contributed by atoms with Gasteiger partial charge in [-0.1, -0.05) is 18.2 Å². The normalized spacial score (nSPS) is 10.1. The van der Waals surface area contributed by atoms with Gasteiger partial charge in [0.2, 0.25) is 0 Å². The summed E-state index contributed by atoms with van der Waals surface area (Å²) in [6.45, 7) is 0.0754. The molecule has 8 nitrogen and oxygen atoms in total. The number of anilines is 1. The van der Waals surface area contributed by atoms with Crippen LogP contribution in [0.25, 0.3) is 0 Å². The molecule has 108 valence electrons. The van der Waals surface area contributed by atoms with Crippen molar-refractivity contribution < 1.29 is 9.72 Å². The van der Waals surface area contributed by atoms with Gasteiger partial charge >= 0.3 is 0 Å². The molecule has 2 N–H and O–H groups in total. The van der Waals surface area contributed by atoms with Crippen LogP contribution in [0.5, 0.6) is 0 Å². The zero-order valence-electron chi connectivity index (χ0n) is 11.3.